The lowest BCUT2D eigenvalue weighted by atomic mass is 10.0. The standard InChI is InChI=1S/C12H24N2O2/c1-3-5-10(13)8-11(15)14-9-12(2)6-4-7-16-12/h10H,3-9,13H2,1-2H3,(H,14,15). The minimum atomic E-state index is -0.162. The fourth-order valence-corrected chi connectivity index (χ4v) is 2.04. The van der Waals surface area contributed by atoms with E-state index in [1.54, 1.807) is 0 Å². The van der Waals surface area contributed by atoms with Crippen molar-refractivity contribution < 1.29 is 9.53 Å². The van der Waals surface area contributed by atoms with E-state index in [0.717, 1.165) is 32.3 Å². The zero-order chi connectivity index (χ0) is 12.0. The van der Waals surface area contributed by atoms with E-state index in [1.807, 2.05) is 6.92 Å². The molecule has 2 unspecified atom stereocenters. The van der Waals surface area contributed by atoms with Crippen molar-refractivity contribution in [1.29, 1.82) is 0 Å². The van der Waals surface area contributed by atoms with E-state index < -0.39 is 0 Å². The molecule has 0 aromatic rings. The molecule has 0 aliphatic carbocycles. The van der Waals surface area contributed by atoms with Gasteiger partial charge in [-0.3, -0.25) is 4.79 Å². The largest absolute Gasteiger partial charge is 0.373 e. The van der Waals surface area contributed by atoms with E-state index >= 15 is 0 Å². The molecule has 0 aromatic carbocycles. The Labute approximate surface area is 97.9 Å². The Morgan fingerprint density at radius 3 is 2.94 bits per heavy atom. The van der Waals surface area contributed by atoms with Crippen molar-refractivity contribution in [3.05, 3.63) is 0 Å². The van der Waals surface area contributed by atoms with Crippen LogP contribution in [0.15, 0.2) is 0 Å². The summed E-state index contributed by atoms with van der Waals surface area (Å²) in [6.45, 7) is 5.53. The quantitative estimate of drug-likeness (QED) is 0.717. The highest BCUT2D eigenvalue weighted by molar-refractivity contribution is 5.76. The average Bonchev–Trinajstić information content (AvgIpc) is 2.63. The molecule has 94 valence electrons. The molecule has 0 saturated carbocycles. The Morgan fingerprint density at radius 1 is 1.62 bits per heavy atom. The minimum absolute atomic E-state index is 0.0118. The number of nitrogens with two attached hydrogens (primary N) is 1. The summed E-state index contributed by atoms with van der Waals surface area (Å²) >= 11 is 0. The first kappa shape index (κ1) is 13.5. The molecular weight excluding hydrogens is 204 g/mol. The van der Waals surface area contributed by atoms with Crippen molar-refractivity contribution in [2.75, 3.05) is 13.2 Å². The van der Waals surface area contributed by atoms with Crippen LogP contribution in [0.3, 0.4) is 0 Å². The van der Waals surface area contributed by atoms with Gasteiger partial charge in [-0.1, -0.05) is 13.3 Å². The van der Waals surface area contributed by atoms with E-state index in [9.17, 15) is 4.79 Å². The normalized spacial score (nSPS) is 26.7. The van der Waals surface area contributed by atoms with Gasteiger partial charge in [0.1, 0.15) is 0 Å². The fourth-order valence-electron chi connectivity index (χ4n) is 2.04. The zero-order valence-electron chi connectivity index (χ0n) is 10.4. The Hall–Kier alpha value is -0.610. The van der Waals surface area contributed by atoms with E-state index in [2.05, 4.69) is 12.2 Å². The molecule has 0 aromatic heterocycles. The summed E-state index contributed by atoms with van der Waals surface area (Å²) in [5, 5.41) is 2.91. The van der Waals surface area contributed by atoms with Gasteiger partial charge in [-0.05, 0) is 26.2 Å². The van der Waals surface area contributed by atoms with Gasteiger partial charge in [0.25, 0.3) is 0 Å². The third kappa shape index (κ3) is 4.49. The second-order valence-electron chi connectivity index (χ2n) is 4.93. The topological polar surface area (TPSA) is 64.4 Å². The second-order valence-corrected chi connectivity index (χ2v) is 4.93. The Kier molecular flexibility index (Phi) is 5.22. The average molecular weight is 228 g/mol. The predicted octanol–water partition coefficient (Wildman–Crippen LogP) is 1.19. The summed E-state index contributed by atoms with van der Waals surface area (Å²) in [5.41, 5.74) is 5.65. The van der Waals surface area contributed by atoms with Crippen LogP contribution in [0, 0.1) is 0 Å². The summed E-state index contributed by atoms with van der Waals surface area (Å²) < 4.78 is 5.60. The van der Waals surface area contributed by atoms with Gasteiger partial charge in [0.15, 0.2) is 0 Å². The van der Waals surface area contributed by atoms with Crippen molar-refractivity contribution in [3.8, 4) is 0 Å². The zero-order valence-corrected chi connectivity index (χ0v) is 10.4. The molecule has 16 heavy (non-hydrogen) atoms. The molecular formula is C12H24N2O2. The highest BCUT2D eigenvalue weighted by Gasteiger charge is 2.29. The van der Waals surface area contributed by atoms with Gasteiger partial charge in [-0.2, -0.15) is 0 Å². The molecule has 4 nitrogen and oxygen atoms in total. The summed E-state index contributed by atoms with van der Waals surface area (Å²) in [4.78, 5) is 11.6. The number of amides is 1. The molecule has 0 bridgehead atoms. The van der Waals surface area contributed by atoms with Crippen LogP contribution in [0.4, 0.5) is 0 Å². The van der Waals surface area contributed by atoms with Crippen molar-refractivity contribution in [3.63, 3.8) is 0 Å². The summed E-state index contributed by atoms with van der Waals surface area (Å²) in [7, 11) is 0. The van der Waals surface area contributed by atoms with E-state index in [4.69, 9.17) is 10.5 Å². The maximum absolute atomic E-state index is 11.6. The van der Waals surface area contributed by atoms with Crippen LogP contribution in [-0.4, -0.2) is 30.7 Å². The highest BCUT2D eigenvalue weighted by atomic mass is 16.5. The van der Waals surface area contributed by atoms with Crippen LogP contribution in [0.2, 0.25) is 0 Å². The molecule has 3 N–H and O–H groups in total. The van der Waals surface area contributed by atoms with Crippen LogP contribution >= 0.6 is 0 Å². The van der Waals surface area contributed by atoms with Crippen molar-refractivity contribution >= 4 is 5.91 Å². The van der Waals surface area contributed by atoms with Crippen LogP contribution < -0.4 is 11.1 Å². The molecule has 1 aliphatic heterocycles. The van der Waals surface area contributed by atoms with Gasteiger partial charge < -0.3 is 15.8 Å². The van der Waals surface area contributed by atoms with Crippen LogP contribution in [-0.2, 0) is 9.53 Å². The SMILES string of the molecule is CCCC(N)CC(=O)NCC1(C)CCCO1. The van der Waals surface area contributed by atoms with Gasteiger partial charge >= 0.3 is 0 Å². The number of rotatable bonds is 6. The van der Waals surface area contributed by atoms with Crippen LogP contribution in [0.25, 0.3) is 0 Å². The van der Waals surface area contributed by atoms with Gasteiger partial charge in [-0.15, -0.1) is 0 Å². The number of ether oxygens (including phenoxy) is 1. The lowest BCUT2D eigenvalue weighted by molar-refractivity contribution is -0.122. The maximum atomic E-state index is 11.6. The number of carbonyl (C=O) groups excluding carboxylic acids is 1. The third-order valence-electron chi connectivity index (χ3n) is 3.07. The minimum Gasteiger partial charge on any atom is -0.373 e. The predicted molar refractivity (Wildman–Crippen MR) is 64.1 cm³/mol. The van der Waals surface area contributed by atoms with Crippen molar-refractivity contribution in [1.82, 2.24) is 5.32 Å². The lowest BCUT2D eigenvalue weighted by Gasteiger charge is -2.23. The lowest BCUT2D eigenvalue weighted by Crippen LogP contribution is -2.41. The molecule has 1 aliphatic rings. The number of hydrogen-bond acceptors (Lipinski definition) is 3. The van der Waals surface area contributed by atoms with Crippen LogP contribution in [0.1, 0.15) is 46.0 Å². The summed E-state index contributed by atoms with van der Waals surface area (Å²) in [6, 6.07) is -0.0118. The fraction of sp³-hybridized carbons (Fsp3) is 0.917. The molecule has 1 fully saturated rings. The molecule has 1 saturated heterocycles. The smallest absolute Gasteiger partial charge is 0.221 e. The summed E-state index contributed by atoms with van der Waals surface area (Å²) in [5.74, 6) is 0.0395. The Balaban J connectivity index is 2.19. The molecule has 1 rings (SSSR count). The van der Waals surface area contributed by atoms with E-state index in [0.29, 0.717) is 13.0 Å². The highest BCUT2D eigenvalue weighted by Crippen LogP contribution is 2.23. The summed E-state index contributed by atoms with van der Waals surface area (Å²) in [6.07, 6.45) is 4.45. The molecule has 1 heterocycles. The van der Waals surface area contributed by atoms with E-state index in [1.165, 1.54) is 0 Å². The van der Waals surface area contributed by atoms with Gasteiger partial charge in [0.05, 0.1) is 5.60 Å². The number of nitrogens with one attached hydrogen (secondary N) is 1. The van der Waals surface area contributed by atoms with Crippen molar-refractivity contribution in [2.24, 2.45) is 5.73 Å². The first-order valence-electron chi connectivity index (χ1n) is 6.22. The van der Waals surface area contributed by atoms with Crippen molar-refractivity contribution in [2.45, 2.75) is 57.6 Å². The molecule has 1 amide bonds. The number of hydrogen-bond donors (Lipinski definition) is 2. The van der Waals surface area contributed by atoms with Crippen LogP contribution in [0.5, 0.6) is 0 Å². The first-order valence-corrected chi connectivity index (χ1v) is 6.22. The Morgan fingerprint density at radius 2 is 2.38 bits per heavy atom. The number of carbonyl (C=O) groups is 1. The van der Waals surface area contributed by atoms with E-state index in [-0.39, 0.29) is 17.6 Å². The second kappa shape index (κ2) is 6.21. The molecule has 2 atom stereocenters. The monoisotopic (exact) mass is 228 g/mol. The molecule has 0 spiro atoms. The molecule has 4 heteroatoms. The van der Waals surface area contributed by atoms with Gasteiger partial charge in [0, 0.05) is 25.6 Å². The van der Waals surface area contributed by atoms with Gasteiger partial charge in [0.2, 0.25) is 5.91 Å². The molecule has 0 radical (unpaired) electrons. The Bertz CT molecular complexity index is 225. The third-order valence-corrected chi connectivity index (χ3v) is 3.07. The van der Waals surface area contributed by atoms with Gasteiger partial charge in [-0.25, -0.2) is 0 Å². The first-order chi connectivity index (χ1) is 7.56. The maximum Gasteiger partial charge on any atom is 0.221 e.